The Balaban J connectivity index is 1.66. The smallest absolute Gasteiger partial charge is 0.302 e. The van der Waals surface area contributed by atoms with E-state index in [1.165, 1.54) is 6.92 Å². The van der Waals surface area contributed by atoms with Gasteiger partial charge in [0.1, 0.15) is 12.2 Å². The molecule has 230 valence electrons. The molecule has 10 nitrogen and oxygen atoms in total. The highest BCUT2D eigenvalue weighted by Gasteiger charge is 2.39. The number of aliphatic hydroxyl groups excluding tert-OH is 2. The van der Waals surface area contributed by atoms with E-state index in [2.05, 4.69) is 39.6 Å². The molecular weight excluding hydrogens is 536 g/mol. The highest BCUT2D eigenvalue weighted by Crippen LogP contribution is 2.40. The van der Waals surface area contributed by atoms with Gasteiger partial charge in [-0.05, 0) is 81.3 Å². The van der Waals surface area contributed by atoms with Crippen molar-refractivity contribution in [2.75, 3.05) is 20.1 Å². The van der Waals surface area contributed by atoms with Crippen molar-refractivity contribution < 1.29 is 29.6 Å². The number of aliphatic imine (C=N–C) groups is 1. The fraction of sp³-hybridized carbons (Fsp3) is 0.625. The summed E-state index contributed by atoms with van der Waals surface area (Å²) in [4.78, 5) is 16.2. The van der Waals surface area contributed by atoms with Gasteiger partial charge in [-0.25, -0.2) is 0 Å². The molecule has 7 N–H and O–H groups in total. The molecule has 1 aromatic carbocycles. The Kier molecular flexibility index (Phi) is 11.1. The van der Waals surface area contributed by atoms with E-state index in [1.807, 2.05) is 0 Å². The number of piperidine rings is 1. The van der Waals surface area contributed by atoms with E-state index >= 15 is 0 Å². The summed E-state index contributed by atoms with van der Waals surface area (Å²) in [5, 5.41) is 38.6. The molecule has 0 bridgehead atoms. The van der Waals surface area contributed by atoms with Crippen molar-refractivity contribution >= 4 is 11.9 Å². The van der Waals surface area contributed by atoms with Crippen LogP contribution in [0.1, 0.15) is 69.4 Å². The van der Waals surface area contributed by atoms with E-state index in [0.717, 1.165) is 44.3 Å². The zero-order chi connectivity index (χ0) is 30.1. The predicted octanol–water partition coefficient (Wildman–Crippen LogP) is 2.28. The topological polar surface area (TPSA) is 159 Å². The number of rotatable bonds is 7. The number of carbonyl (C=O) groups is 1. The maximum atomic E-state index is 12.2. The number of phenols is 1. The number of nitrogens with zero attached hydrogens (tertiary/aromatic N) is 1. The lowest BCUT2D eigenvalue weighted by Gasteiger charge is -2.39. The van der Waals surface area contributed by atoms with Gasteiger partial charge in [0, 0.05) is 32.7 Å². The number of guanidine groups is 1. The minimum Gasteiger partial charge on any atom is -0.504 e. The van der Waals surface area contributed by atoms with Crippen molar-refractivity contribution in [3.05, 3.63) is 35.4 Å². The van der Waals surface area contributed by atoms with Gasteiger partial charge in [0.15, 0.2) is 17.5 Å². The maximum Gasteiger partial charge on any atom is 0.302 e. The van der Waals surface area contributed by atoms with E-state index in [4.69, 9.17) is 15.2 Å². The highest BCUT2D eigenvalue weighted by molar-refractivity contribution is 5.78. The summed E-state index contributed by atoms with van der Waals surface area (Å²) in [5.41, 5.74) is 6.96. The average Bonchev–Trinajstić information content (AvgIpc) is 2.97. The fourth-order valence-electron chi connectivity index (χ4n) is 6.32. The van der Waals surface area contributed by atoms with Gasteiger partial charge in [-0.3, -0.25) is 9.79 Å². The fourth-order valence-corrected chi connectivity index (χ4v) is 6.32. The molecule has 1 fully saturated rings. The molecule has 3 aliphatic rings. The Labute approximate surface area is 248 Å². The summed E-state index contributed by atoms with van der Waals surface area (Å²) in [7, 11) is 1.64. The molecular formula is C32H46N4O6. The van der Waals surface area contributed by atoms with Crippen LogP contribution < -0.4 is 21.1 Å². The molecule has 1 saturated heterocycles. The number of aliphatic hydroxyl groups is 2. The largest absolute Gasteiger partial charge is 0.504 e. The van der Waals surface area contributed by atoms with Gasteiger partial charge in [0.2, 0.25) is 0 Å². The maximum absolute atomic E-state index is 12.2. The molecule has 0 saturated carbocycles. The van der Waals surface area contributed by atoms with Crippen LogP contribution in [0.5, 0.6) is 11.5 Å². The number of hydrogen-bond donors (Lipinski definition) is 6. The van der Waals surface area contributed by atoms with Gasteiger partial charge in [0.05, 0.1) is 24.2 Å². The standard InChI is InChI=1S/C32H46N4O6/c1-21(38)41-28-19-25(39)8-13-32(11-4-3-7-30(32)36-31(33)34-2)12-5-6-22(28)16-23-18-29(27(40)17-24(23)20-37)42-26-9-14-35-15-10-26/h3,7,17-18,22,25-26,28,30,35,37,39-40H,4,6,8-11,13-16,19-20H2,1-2H3,(H3,33,34,36)/t22-,25+,28+,30-,32+/m1/s1. The van der Waals surface area contributed by atoms with Crippen LogP contribution in [0.15, 0.2) is 29.3 Å². The second kappa shape index (κ2) is 14.8. The number of nitrogens with one attached hydrogen (secondary N) is 2. The van der Waals surface area contributed by atoms with Crippen LogP contribution in [-0.2, 0) is 22.6 Å². The second-order valence-corrected chi connectivity index (χ2v) is 11.7. The Morgan fingerprint density at radius 3 is 2.74 bits per heavy atom. The van der Waals surface area contributed by atoms with Gasteiger partial charge >= 0.3 is 5.97 Å². The lowest BCUT2D eigenvalue weighted by molar-refractivity contribution is -0.151. The number of aromatic hydroxyl groups is 1. The van der Waals surface area contributed by atoms with Crippen LogP contribution >= 0.6 is 0 Å². The summed E-state index contributed by atoms with van der Waals surface area (Å²) in [5.74, 6) is 7.00. The van der Waals surface area contributed by atoms with Crippen molar-refractivity contribution in [1.29, 1.82) is 0 Å². The van der Waals surface area contributed by atoms with Gasteiger partial charge < -0.3 is 41.2 Å². The van der Waals surface area contributed by atoms with Gasteiger partial charge in [-0.2, -0.15) is 0 Å². The molecule has 42 heavy (non-hydrogen) atoms. The zero-order valence-electron chi connectivity index (χ0n) is 24.8. The minimum absolute atomic E-state index is 0.0116. The molecule has 1 aromatic rings. The Morgan fingerprint density at radius 2 is 2.02 bits per heavy atom. The molecule has 0 aromatic heterocycles. The first-order valence-electron chi connectivity index (χ1n) is 15.1. The predicted molar refractivity (Wildman–Crippen MR) is 161 cm³/mol. The number of esters is 1. The first kappa shape index (κ1) is 31.7. The van der Waals surface area contributed by atoms with Crippen LogP contribution in [0.3, 0.4) is 0 Å². The quantitative estimate of drug-likeness (QED) is 0.0933. The molecule has 1 spiro atoms. The minimum atomic E-state index is -0.701. The van der Waals surface area contributed by atoms with Crippen LogP contribution in [0, 0.1) is 23.2 Å². The van der Waals surface area contributed by atoms with E-state index < -0.39 is 23.6 Å². The summed E-state index contributed by atoms with van der Waals surface area (Å²) in [6.07, 6.45) is 8.54. The van der Waals surface area contributed by atoms with E-state index in [-0.39, 0.29) is 36.8 Å². The summed E-state index contributed by atoms with van der Waals surface area (Å²) in [6.45, 7) is 2.81. The molecule has 1 aliphatic heterocycles. The van der Waals surface area contributed by atoms with Crippen LogP contribution in [0.2, 0.25) is 0 Å². The van der Waals surface area contributed by atoms with E-state index in [9.17, 15) is 20.1 Å². The first-order valence-corrected chi connectivity index (χ1v) is 15.1. The number of phenolic OH excluding ortho intramolecular Hbond substituents is 1. The summed E-state index contributed by atoms with van der Waals surface area (Å²) in [6, 6.07) is 3.19. The van der Waals surface area contributed by atoms with Crippen LogP contribution in [0.25, 0.3) is 0 Å². The Morgan fingerprint density at radius 1 is 1.24 bits per heavy atom. The third kappa shape index (κ3) is 8.18. The average molecular weight is 583 g/mol. The molecule has 2 aliphatic carbocycles. The van der Waals surface area contributed by atoms with Gasteiger partial charge in [-0.15, -0.1) is 5.92 Å². The molecule has 10 heteroatoms. The normalized spacial score (nSPS) is 28.9. The molecule has 0 amide bonds. The van der Waals surface area contributed by atoms with Crippen molar-refractivity contribution in [2.45, 2.75) is 95.7 Å². The summed E-state index contributed by atoms with van der Waals surface area (Å²) < 4.78 is 12.0. The second-order valence-electron chi connectivity index (χ2n) is 11.7. The molecule has 0 unspecified atom stereocenters. The number of carbonyl (C=O) groups excluding carboxylic acids is 1. The SMILES string of the molecule is CN=C(N)N[C@@H]1C=CCC[C@@]12C#CC[C@H](Cc1cc(OC3CCNCC3)c(O)cc1CO)[C@@H](OC(C)=O)C[C@@H](O)CC2. The Bertz CT molecular complexity index is 1200. The van der Waals surface area contributed by atoms with E-state index in [1.54, 1.807) is 19.2 Å². The molecule has 5 atom stereocenters. The molecule has 4 rings (SSSR count). The number of nitrogens with two attached hydrogens (primary N) is 1. The Hall–Kier alpha value is -3.26. The van der Waals surface area contributed by atoms with Crippen LogP contribution in [0.4, 0.5) is 0 Å². The molecule has 1 heterocycles. The van der Waals surface area contributed by atoms with Crippen molar-refractivity contribution in [1.82, 2.24) is 10.6 Å². The van der Waals surface area contributed by atoms with Crippen molar-refractivity contribution in [3.8, 4) is 23.3 Å². The first-order chi connectivity index (χ1) is 20.2. The highest BCUT2D eigenvalue weighted by atomic mass is 16.5. The summed E-state index contributed by atoms with van der Waals surface area (Å²) >= 11 is 0. The van der Waals surface area contributed by atoms with Gasteiger partial charge in [-0.1, -0.05) is 18.1 Å². The third-order valence-corrected chi connectivity index (χ3v) is 8.71. The number of allylic oxidation sites excluding steroid dienone is 1. The third-order valence-electron chi connectivity index (χ3n) is 8.71. The lowest BCUT2D eigenvalue weighted by Crippen LogP contribution is -2.50. The van der Waals surface area contributed by atoms with Crippen molar-refractivity contribution in [2.24, 2.45) is 22.1 Å². The van der Waals surface area contributed by atoms with Crippen LogP contribution in [-0.4, -0.2) is 71.7 Å². The van der Waals surface area contributed by atoms with Crippen molar-refractivity contribution in [3.63, 3.8) is 0 Å². The van der Waals surface area contributed by atoms with Gasteiger partial charge in [0.25, 0.3) is 0 Å². The lowest BCUT2D eigenvalue weighted by atomic mass is 9.69. The number of benzene rings is 1. The zero-order valence-corrected chi connectivity index (χ0v) is 24.8. The van der Waals surface area contributed by atoms with E-state index in [0.29, 0.717) is 43.0 Å². The number of hydrogen-bond acceptors (Lipinski definition) is 8. The molecule has 0 radical (unpaired) electrons. The number of ether oxygens (including phenoxy) is 2. The monoisotopic (exact) mass is 582 g/mol.